The minimum absolute atomic E-state index is 0.0106. The van der Waals surface area contributed by atoms with Crippen molar-refractivity contribution in [3.05, 3.63) is 0 Å². The van der Waals surface area contributed by atoms with Crippen LogP contribution in [-0.2, 0) is 28.3 Å². The summed E-state index contributed by atoms with van der Waals surface area (Å²) in [6, 6.07) is 0.0849. The van der Waals surface area contributed by atoms with E-state index in [1.54, 1.807) is 20.8 Å². The third-order valence-corrected chi connectivity index (χ3v) is 9.77. The van der Waals surface area contributed by atoms with Crippen molar-refractivity contribution in [3.8, 4) is 0 Å². The molecule has 0 saturated carbocycles. The molecule has 0 rings (SSSR count). The number of hydrogen-bond donors (Lipinski definition) is 2. The number of carbonyl (C=O) groups excluding carboxylic acids is 2. The van der Waals surface area contributed by atoms with Crippen molar-refractivity contribution in [2.45, 2.75) is 97.5 Å². The molecule has 9 nitrogen and oxygen atoms in total. The quantitative estimate of drug-likeness (QED) is 0.189. The molecular formula is C23H48N2O7Si. The van der Waals surface area contributed by atoms with Gasteiger partial charge in [-0.3, -0.25) is 9.63 Å². The lowest BCUT2D eigenvalue weighted by molar-refractivity contribution is -0.127. The molecule has 1 unspecified atom stereocenters. The van der Waals surface area contributed by atoms with E-state index in [-0.39, 0.29) is 36.8 Å². The highest BCUT2D eigenvalue weighted by atomic mass is 28.4. The normalized spacial score (nSPS) is 13.5. The van der Waals surface area contributed by atoms with Gasteiger partial charge in [0.1, 0.15) is 12.2 Å². The maximum Gasteiger partial charge on any atom is 0.431 e. The van der Waals surface area contributed by atoms with E-state index in [0.29, 0.717) is 19.8 Å². The van der Waals surface area contributed by atoms with Crippen molar-refractivity contribution in [3.63, 3.8) is 0 Å². The largest absolute Gasteiger partial charge is 0.442 e. The molecule has 0 aliphatic heterocycles. The van der Waals surface area contributed by atoms with Crippen molar-refractivity contribution in [1.29, 1.82) is 0 Å². The fraction of sp³-hybridized carbons (Fsp3) is 0.913. The van der Waals surface area contributed by atoms with E-state index in [4.69, 9.17) is 23.5 Å². The monoisotopic (exact) mass is 492 g/mol. The predicted molar refractivity (Wildman–Crippen MR) is 132 cm³/mol. The first-order valence-corrected chi connectivity index (χ1v) is 14.8. The van der Waals surface area contributed by atoms with Crippen molar-refractivity contribution >= 4 is 20.3 Å². The van der Waals surface area contributed by atoms with Crippen LogP contribution in [0.3, 0.4) is 0 Å². The number of hydroxylamine groups is 1. The molecule has 196 valence electrons. The number of nitrogens with one attached hydrogen (secondary N) is 2. The van der Waals surface area contributed by atoms with Gasteiger partial charge in [0, 0.05) is 12.6 Å². The van der Waals surface area contributed by atoms with Crippen LogP contribution in [0.15, 0.2) is 0 Å². The van der Waals surface area contributed by atoms with E-state index < -0.39 is 20.0 Å². The van der Waals surface area contributed by atoms with E-state index in [9.17, 15) is 9.59 Å². The SMILES string of the molecule is CCCC(CCO[Si](C)(C)C(C)(C)C)NC(=O)COCCOCCONC(=O)OC(C)(C)C. The summed E-state index contributed by atoms with van der Waals surface area (Å²) >= 11 is 0. The van der Waals surface area contributed by atoms with Crippen LogP contribution in [0.5, 0.6) is 0 Å². The lowest BCUT2D eigenvalue weighted by atomic mass is 10.1. The molecule has 0 aromatic rings. The molecule has 0 radical (unpaired) electrons. The molecule has 0 aliphatic carbocycles. The van der Waals surface area contributed by atoms with Crippen molar-refractivity contribution < 1.29 is 33.1 Å². The van der Waals surface area contributed by atoms with E-state index >= 15 is 0 Å². The summed E-state index contributed by atoms with van der Waals surface area (Å²) in [6.07, 6.45) is 2.05. The average molecular weight is 493 g/mol. The number of rotatable bonds is 16. The number of ether oxygens (including phenoxy) is 3. The molecular weight excluding hydrogens is 444 g/mol. The van der Waals surface area contributed by atoms with Crippen molar-refractivity contribution in [2.24, 2.45) is 0 Å². The average Bonchev–Trinajstić information content (AvgIpc) is 2.64. The highest BCUT2D eigenvalue weighted by molar-refractivity contribution is 6.74. The predicted octanol–water partition coefficient (Wildman–Crippen LogP) is 4.17. The summed E-state index contributed by atoms with van der Waals surface area (Å²) in [5.74, 6) is -0.134. The van der Waals surface area contributed by atoms with Gasteiger partial charge < -0.3 is 24.0 Å². The van der Waals surface area contributed by atoms with Crippen LogP contribution in [-0.4, -0.2) is 71.6 Å². The first-order valence-electron chi connectivity index (χ1n) is 11.9. The second-order valence-electron chi connectivity index (χ2n) is 10.6. The summed E-state index contributed by atoms with van der Waals surface area (Å²) in [7, 11) is -1.78. The molecule has 0 aromatic heterocycles. The highest BCUT2D eigenvalue weighted by Gasteiger charge is 2.37. The Morgan fingerprint density at radius 1 is 0.879 bits per heavy atom. The third kappa shape index (κ3) is 17.0. The maximum absolute atomic E-state index is 12.2. The van der Waals surface area contributed by atoms with E-state index in [1.807, 2.05) is 0 Å². The Morgan fingerprint density at radius 3 is 2.06 bits per heavy atom. The minimum Gasteiger partial charge on any atom is -0.442 e. The van der Waals surface area contributed by atoms with Crippen LogP contribution in [0.4, 0.5) is 4.79 Å². The van der Waals surface area contributed by atoms with E-state index in [1.165, 1.54) is 0 Å². The van der Waals surface area contributed by atoms with Crippen LogP contribution >= 0.6 is 0 Å². The Morgan fingerprint density at radius 2 is 1.48 bits per heavy atom. The second-order valence-corrected chi connectivity index (χ2v) is 15.4. The molecule has 0 spiro atoms. The Balaban J connectivity index is 3.91. The summed E-state index contributed by atoms with van der Waals surface area (Å²) < 4.78 is 22.0. The van der Waals surface area contributed by atoms with Gasteiger partial charge in [0.05, 0.1) is 26.4 Å². The van der Waals surface area contributed by atoms with Crippen LogP contribution in [0, 0.1) is 0 Å². The molecule has 33 heavy (non-hydrogen) atoms. The van der Waals surface area contributed by atoms with E-state index in [2.05, 4.69) is 51.6 Å². The Kier molecular flexibility index (Phi) is 15.1. The fourth-order valence-electron chi connectivity index (χ4n) is 2.47. The van der Waals surface area contributed by atoms with Gasteiger partial charge in [0.25, 0.3) is 0 Å². The van der Waals surface area contributed by atoms with Crippen LogP contribution in [0.2, 0.25) is 18.1 Å². The topological polar surface area (TPSA) is 104 Å². The van der Waals surface area contributed by atoms with Crippen molar-refractivity contribution in [1.82, 2.24) is 10.8 Å². The first kappa shape index (κ1) is 31.8. The number of amides is 2. The van der Waals surface area contributed by atoms with Gasteiger partial charge in [-0.2, -0.15) is 5.48 Å². The number of hydrogen-bond acceptors (Lipinski definition) is 7. The molecule has 10 heteroatoms. The minimum atomic E-state index is -1.78. The molecule has 0 aliphatic rings. The Hall–Kier alpha value is -1.20. The first-order chi connectivity index (χ1) is 15.2. The zero-order chi connectivity index (χ0) is 25.5. The third-order valence-electron chi connectivity index (χ3n) is 5.23. The van der Waals surface area contributed by atoms with Gasteiger partial charge >= 0.3 is 6.09 Å². The summed E-state index contributed by atoms with van der Waals surface area (Å²) in [6.45, 7) is 20.3. The second kappa shape index (κ2) is 15.7. The van der Waals surface area contributed by atoms with Gasteiger partial charge in [0.15, 0.2) is 8.32 Å². The summed E-state index contributed by atoms with van der Waals surface area (Å²) in [4.78, 5) is 28.6. The summed E-state index contributed by atoms with van der Waals surface area (Å²) in [5, 5.41) is 3.22. The summed E-state index contributed by atoms with van der Waals surface area (Å²) in [5.41, 5.74) is 1.60. The zero-order valence-corrected chi connectivity index (χ0v) is 23.3. The van der Waals surface area contributed by atoms with Gasteiger partial charge in [0.2, 0.25) is 5.91 Å². The molecule has 0 heterocycles. The molecule has 2 amide bonds. The van der Waals surface area contributed by atoms with Crippen LogP contribution in [0.1, 0.15) is 67.7 Å². The number of carbonyl (C=O) groups is 2. The van der Waals surface area contributed by atoms with Gasteiger partial charge in [-0.1, -0.05) is 34.1 Å². The lowest BCUT2D eigenvalue weighted by Gasteiger charge is -2.36. The lowest BCUT2D eigenvalue weighted by Crippen LogP contribution is -2.43. The van der Waals surface area contributed by atoms with Gasteiger partial charge in [-0.05, 0) is 51.7 Å². The van der Waals surface area contributed by atoms with Gasteiger partial charge in [-0.25, -0.2) is 4.79 Å². The molecule has 2 N–H and O–H groups in total. The van der Waals surface area contributed by atoms with E-state index in [0.717, 1.165) is 19.3 Å². The highest BCUT2D eigenvalue weighted by Crippen LogP contribution is 2.36. The molecule has 0 fully saturated rings. The van der Waals surface area contributed by atoms with Crippen LogP contribution in [0.25, 0.3) is 0 Å². The van der Waals surface area contributed by atoms with Crippen molar-refractivity contribution in [2.75, 3.05) is 39.6 Å². The smallest absolute Gasteiger partial charge is 0.431 e. The Bertz CT molecular complexity index is 560. The zero-order valence-electron chi connectivity index (χ0n) is 22.3. The standard InChI is InChI=1S/C23H48N2O7Si/c1-10-11-19(12-13-31-33(8,9)23(5,6)7)24-20(26)18-29-15-14-28-16-17-30-25-21(27)32-22(2,3)4/h19H,10-18H2,1-9H3,(H,24,26)(H,25,27). The molecule has 0 bridgehead atoms. The maximum atomic E-state index is 12.2. The molecule has 0 saturated heterocycles. The van der Waals surface area contributed by atoms with Gasteiger partial charge in [-0.15, -0.1) is 0 Å². The fourth-order valence-corrected chi connectivity index (χ4v) is 3.53. The Labute approximate surface area is 201 Å². The molecule has 0 aromatic carbocycles. The molecule has 1 atom stereocenters. The van der Waals surface area contributed by atoms with Crippen LogP contribution < -0.4 is 10.8 Å².